The van der Waals surface area contributed by atoms with Crippen LogP contribution in [0.4, 0.5) is 4.39 Å². The van der Waals surface area contributed by atoms with Crippen LogP contribution in [-0.4, -0.2) is 33.4 Å². The molecular formula is C27H28FN3O2. The van der Waals surface area contributed by atoms with Crippen LogP contribution < -0.4 is 5.32 Å². The van der Waals surface area contributed by atoms with Crippen molar-refractivity contribution >= 4 is 12.0 Å². The lowest BCUT2D eigenvalue weighted by atomic mass is 9.65. The molecule has 6 heteroatoms. The number of aliphatic hydroxyl groups is 1. The Balaban J connectivity index is 1.42. The molecule has 0 radical (unpaired) electrons. The van der Waals surface area contributed by atoms with Gasteiger partial charge in [-0.05, 0) is 79.6 Å². The van der Waals surface area contributed by atoms with Crippen molar-refractivity contribution in [1.82, 2.24) is 15.1 Å². The second-order valence-corrected chi connectivity index (χ2v) is 9.39. The lowest BCUT2D eigenvalue weighted by molar-refractivity contribution is -0.0461. The first-order chi connectivity index (χ1) is 15.8. The molecule has 1 saturated carbocycles. The molecule has 2 aliphatic rings. The maximum absolute atomic E-state index is 13.4. The molecule has 2 aromatic carbocycles. The van der Waals surface area contributed by atoms with Crippen LogP contribution in [0.15, 0.2) is 60.3 Å². The van der Waals surface area contributed by atoms with E-state index in [4.69, 9.17) is 0 Å². The number of nitrogens with zero attached hydrogens (tertiary/aromatic N) is 2. The fourth-order valence-corrected chi connectivity index (χ4v) is 5.55. The Kier molecular flexibility index (Phi) is 5.20. The van der Waals surface area contributed by atoms with E-state index < -0.39 is 11.0 Å². The number of hydrogen-bond donors (Lipinski definition) is 2. The van der Waals surface area contributed by atoms with Gasteiger partial charge in [-0.25, -0.2) is 9.07 Å². The van der Waals surface area contributed by atoms with Gasteiger partial charge in [-0.2, -0.15) is 5.10 Å². The van der Waals surface area contributed by atoms with Gasteiger partial charge in [0.2, 0.25) is 0 Å². The molecular weight excluding hydrogens is 417 g/mol. The van der Waals surface area contributed by atoms with Crippen LogP contribution in [-0.2, 0) is 12.8 Å². The largest absolute Gasteiger partial charge is 0.389 e. The number of benzene rings is 2. The van der Waals surface area contributed by atoms with Crippen LogP contribution in [0, 0.1) is 11.2 Å². The highest BCUT2D eigenvalue weighted by Crippen LogP contribution is 2.56. The smallest absolute Gasteiger partial charge is 0.251 e. The van der Waals surface area contributed by atoms with Gasteiger partial charge in [0.1, 0.15) is 5.82 Å². The van der Waals surface area contributed by atoms with Gasteiger partial charge in [0.15, 0.2) is 0 Å². The zero-order valence-corrected chi connectivity index (χ0v) is 18.9. The molecule has 0 saturated heterocycles. The number of halogens is 1. The van der Waals surface area contributed by atoms with Gasteiger partial charge in [0, 0.05) is 18.0 Å². The van der Waals surface area contributed by atoms with Crippen LogP contribution in [0.3, 0.4) is 0 Å². The van der Waals surface area contributed by atoms with Crippen molar-refractivity contribution in [2.45, 2.75) is 44.6 Å². The molecule has 2 aliphatic carbocycles. The maximum Gasteiger partial charge on any atom is 0.251 e. The molecule has 0 aliphatic heterocycles. The minimum absolute atomic E-state index is 0.105. The van der Waals surface area contributed by atoms with Crippen LogP contribution in [0.25, 0.3) is 11.8 Å². The minimum atomic E-state index is -0.871. The summed E-state index contributed by atoms with van der Waals surface area (Å²) in [5, 5.41) is 19.1. The summed E-state index contributed by atoms with van der Waals surface area (Å²) >= 11 is 0. The van der Waals surface area contributed by atoms with Crippen molar-refractivity contribution in [1.29, 1.82) is 0 Å². The highest BCUT2D eigenvalue weighted by molar-refractivity contribution is 5.95. The first kappa shape index (κ1) is 21.6. The predicted molar refractivity (Wildman–Crippen MR) is 126 cm³/mol. The van der Waals surface area contributed by atoms with E-state index in [0.29, 0.717) is 31.2 Å². The number of fused-ring (bicyclic) bond motifs is 2. The van der Waals surface area contributed by atoms with Crippen molar-refractivity contribution in [3.63, 3.8) is 0 Å². The molecule has 1 fully saturated rings. The zero-order valence-electron chi connectivity index (χ0n) is 18.9. The molecule has 33 heavy (non-hydrogen) atoms. The molecule has 2 atom stereocenters. The van der Waals surface area contributed by atoms with E-state index in [2.05, 4.69) is 23.4 Å². The van der Waals surface area contributed by atoms with E-state index in [1.165, 1.54) is 17.7 Å². The number of rotatable bonds is 5. The summed E-state index contributed by atoms with van der Waals surface area (Å²) in [7, 11) is 1.63. The number of amides is 1. The monoisotopic (exact) mass is 445 g/mol. The third-order valence-electron chi connectivity index (χ3n) is 7.65. The molecule has 0 unspecified atom stereocenters. The maximum atomic E-state index is 13.4. The fraction of sp³-hybridized carbons (Fsp3) is 0.333. The lowest BCUT2D eigenvalue weighted by Crippen LogP contribution is -2.45. The summed E-state index contributed by atoms with van der Waals surface area (Å²) in [5.74, 6) is -0.379. The van der Waals surface area contributed by atoms with Gasteiger partial charge in [-0.3, -0.25) is 4.79 Å². The number of nitrogens with one attached hydrogen (secondary N) is 1. The molecule has 2 N–H and O–H groups in total. The summed E-state index contributed by atoms with van der Waals surface area (Å²) in [5.41, 5.74) is 4.47. The van der Waals surface area contributed by atoms with E-state index in [1.54, 1.807) is 19.2 Å². The summed E-state index contributed by atoms with van der Waals surface area (Å²) < 4.78 is 15.2. The summed E-state index contributed by atoms with van der Waals surface area (Å²) in [6.45, 7) is 2.15. The van der Waals surface area contributed by atoms with Gasteiger partial charge in [-0.15, -0.1) is 0 Å². The normalized spacial score (nSPS) is 23.6. The van der Waals surface area contributed by atoms with Gasteiger partial charge < -0.3 is 10.4 Å². The summed E-state index contributed by atoms with van der Waals surface area (Å²) in [4.78, 5) is 12.3. The first-order valence-corrected chi connectivity index (χ1v) is 11.4. The second-order valence-electron chi connectivity index (χ2n) is 9.39. The van der Waals surface area contributed by atoms with Crippen molar-refractivity contribution < 1.29 is 14.3 Å². The highest BCUT2D eigenvalue weighted by Gasteiger charge is 2.54. The van der Waals surface area contributed by atoms with Gasteiger partial charge in [-0.1, -0.05) is 30.7 Å². The van der Waals surface area contributed by atoms with Gasteiger partial charge >= 0.3 is 0 Å². The van der Waals surface area contributed by atoms with Gasteiger partial charge in [0.05, 0.1) is 23.2 Å². The molecule has 0 bridgehead atoms. The van der Waals surface area contributed by atoms with E-state index in [-0.39, 0.29) is 11.7 Å². The molecule has 1 amide bonds. The minimum Gasteiger partial charge on any atom is -0.389 e. The Hall–Kier alpha value is -3.25. The Morgan fingerprint density at radius 2 is 1.97 bits per heavy atom. The van der Waals surface area contributed by atoms with Gasteiger partial charge in [0.25, 0.3) is 5.91 Å². The van der Waals surface area contributed by atoms with Crippen LogP contribution in [0.2, 0.25) is 0 Å². The molecule has 0 spiro atoms. The number of carbonyl (C=O) groups is 1. The number of aromatic nitrogens is 2. The van der Waals surface area contributed by atoms with Crippen LogP contribution >= 0.6 is 0 Å². The molecule has 3 aromatic rings. The fourth-order valence-electron chi connectivity index (χ4n) is 5.55. The second kappa shape index (κ2) is 7.96. The Morgan fingerprint density at radius 3 is 2.73 bits per heavy atom. The molecule has 5 rings (SSSR count). The average Bonchev–Trinajstić information content (AvgIpc) is 3.34. The summed E-state index contributed by atoms with van der Waals surface area (Å²) in [6, 6.07) is 13.9. The van der Waals surface area contributed by atoms with Crippen molar-refractivity contribution in [2.24, 2.45) is 5.41 Å². The number of aryl methyl sites for hydroxylation is 1. The molecule has 1 aromatic heterocycles. The van der Waals surface area contributed by atoms with Crippen molar-refractivity contribution in [2.75, 3.05) is 7.05 Å². The third kappa shape index (κ3) is 3.49. The van der Waals surface area contributed by atoms with Crippen molar-refractivity contribution in [3.05, 3.63) is 88.5 Å². The van der Waals surface area contributed by atoms with E-state index in [9.17, 15) is 14.3 Å². The van der Waals surface area contributed by atoms with Crippen molar-refractivity contribution in [3.8, 4) is 5.69 Å². The van der Waals surface area contributed by atoms with Crippen LogP contribution in [0.5, 0.6) is 0 Å². The zero-order chi connectivity index (χ0) is 23.2. The Labute approximate surface area is 193 Å². The number of hydrogen-bond acceptors (Lipinski definition) is 3. The average molecular weight is 446 g/mol. The predicted octanol–water partition coefficient (Wildman–Crippen LogP) is 4.47. The Morgan fingerprint density at radius 1 is 1.21 bits per heavy atom. The SMILES string of the molecule is CNC(=O)c1ccccc1CC[C@]1(O)CCC2=Cc3c(cnn3-c3ccc(F)cc3)C[C@@]21C. The molecule has 170 valence electrons. The quantitative estimate of drug-likeness (QED) is 0.609. The van der Waals surface area contributed by atoms with E-state index in [0.717, 1.165) is 28.9 Å². The molecule has 1 heterocycles. The lowest BCUT2D eigenvalue weighted by Gasteiger charge is -2.42. The summed E-state index contributed by atoms with van der Waals surface area (Å²) in [6.07, 6.45) is 7.43. The standard InChI is InChI=1S/C27H28FN3O2/c1-26-16-19-17-30-31(22-9-7-21(28)8-10-22)24(19)15-20(26)12-14-27(26,33)13-11-18-5-3-4-6-23(18)25(32)29-2/h3-10,15,17,33H,11-14,16H2,1-2H3,(H,29,32)/t26-,27-/m0/s1. The molecule has 5 nitrogen and oxygen atoms in total. The highest BCUT2D eigenvalue weighted by atomic mass is 19.1. The topological polar surface area (TPSA) is 67.2 Å². The Bertz CT molecular complexity index is 1250. The first-order valence-electron chi connectivity index (χ1n) is 11.4. The number of carbonyl (C=O) groups excluding carboxylic acids is 1. The van der Waals surface area contributed by atoms with E-state index in [1.807, 2.05) is 35.1 Å². The van der Waals surface area contributed by atoms with E-state index >= 15 is 0 Å². The third-order valence-corrected chi connectivity index (χ3v) is 7.65. The van der Waals surface area contributed by atoms with Crippen LogP contribution in [0.1, 0.15) is 53.4 Å².